The van der Waals surface area contributed by atoms with Crippen molar-refractivity contribution in [2.75, 3.05) is 5.32 Å². The third kappa shape index (κ3) is 4.18. The highest BCUT2D eigenvalue weighted by Crippen LogP contribution is 2.19. The molecule has 0 aliphatic heterocycles. The quantitative estimate of drug-likeness (QED) is 0.693. The number of carbonyl (C=O) groups is 1. The maximum absolute atomic E-state index is 11.9. The molecular formula is C12H11ClN4OS. The van der Waals surface area contributed by atoms with Gasteiger partial charge in [0.05, 0.1) is 10.3 Å². The summed E-state index contributed by atoms with van der Waals surface area (Å²) in [6, 6.07) is 5.05. The van der Waals surface area contributed by atoms with Gasteiger partial charge in [-0.2, -0.15) is 0 Å². The van der Waals surface area contributed by atoms with E-state index in [1.807, 2.05) is 0 Å². The largest absolute Gasteiger partial charge is 0.310 e. The number of amides is 1. The van der Waals surface area contributed by atoms with Crippen LogP contribution in [-0.4, -0.2) is 26.1 Å². The monoisotopic (exact) mass is 294 g/mol. The van der Waals surface area contributed by atoms with Crippen LogP contribution >= 0.6 is 23.4 Å². The molecule has 0 saturated carbocycles. The molecule has 5 nitrogen and oxygen atoms in total. The van der Waals surface area contributed by atoms with Crippen LogP contribution in [0.4, 0.5) is 5.82 Å². The fourth-order valence-corrected chi connectivity index (χ4v) is 2.07. The van der Waals surface area contributed by atoms with Crippen LogP contribution in [0.3, 0.4) is 0 Å². The minimum atomic E-state index is -0.320. The summed E-state index contributed by atoms with van der Waals surface area (Å²) in [5.74, 6) is 0.308. The summed E-state index contributed by atoms with van der Waals surface area (Å²) >= 11 is 7.01. The van der Waals surface area contributed by atoms with Gasteiger partial charge in [-0.15, -0.1) is 0 Å². The molecule has 19 heavy (non-hydrogen) atoms. The van der Waals surface area contributed by atoms with E-state index in [9.17, 15) is 4.79 Å². The molecule has 0 aliphatic carbocycles. The van der Waals surface area contributed by atoms with Gasteiger partial charge in [0.1, 0.15) is 5.82 Å². The standard InChI is InChI=1S/C12H11ClN4OS/c1-8(19-12-14-5-2-6-15-12)11(18)17-10-4-3-9(13)7-16-10/h2-8H,1H3,(H,16,17,18). The Kier molecular flexibility index (Phi) is 4.70. The molecule has 0 fully saturated rings. The summed E-state index contributed by atoms with van der Waals surface area (Å²) in [6.07, 6.45) is 4.76. The fourth-order valence-electron chi connectivity index (χ4n) is 1.24. The van der Waals surface area contributed by atoms with Crippen LogP contribution in [-0.2, 0) is 4.79 Å². The van der Waals surface area contributed by atoms with E-state index >= 15 is 0 Å². The molecule has 1 amide bonds. The molecule has 1 N–H and O–H groups in total. The lowest BCUT2D eigenvalue weighted by atomic mass is 10.4. The van der Waals surface area contributed by atoms with Crippen molar-refractivity contribution in [3.8, 4) is 0 Å². The second kappa shape index (κ2) is 6.49. The fraction of sp³-hybridized carbons (Fsp3) is 0.167. The molecule has 0 saturated heterocycles. The first kappa shape index (κ1) is 13.8. The molecular weight excluding hydrogens is 284 g/mol. The topological polar surface area (TPSA) is 67.8 Å². The molecule has 1 atom stereocenters. The second-order valence-electron chi connectivity index (χ2n) is 3.64. The Morgan fingerprint density at radius 3 is 2.68 bits per heavy atom. The summed E-state index contributed by atoms with van der Waals surface area (Å²) < 4.78 is 0. The van der Waals surface area contributed by atoms with Crippen molar-refractivity contribution in [2.45, 2.75) is 17.3 Å². The third-order valence-electron chi connectivity index (χ3n) is 2.17. The smallest absolute Gasteiger partial charge is 0.238 e. The highest BCUT2D eigenvalue weighted by molar-refractivity contribution is 8.00. The molecule has 7 heteroatoms. The molecule has 0 spiro atoms. The molecule has 0 aromatic carbocycles. The number of nitrogens with one attached hydrogen (secondary N) is 1. The van der Waals surface area contributed by atoms with Gasteiger partial charge in [0, 0.05) is 18.6 Å². The van der Waals surface area contributed by atoms with Crippen LogP contribution in [0.1, 0.15) is 6.92 Å². The Hall–Kier alpha value is -1.66. The summed E-state index contributed by atoms with van der Waals surface area (Å²) in [6.45, 7) is 1.78. The lowest BCUT2D eigenvalue weighted by molar-refractivity contribution is -0.115. The third-order valence-corrected chi connectivity index (χ3v) is 3.38. The zero-order valence-corrected chi connectivity index (χ0v) is 11.6. The molecule has 0 bridgehead atoms. The Bertz CT molecular complexity index is 549. The second-order valence-corrected chi connectivity index (χ2v) is 5.39. The van der Waals surface area contributed by atoms with Gasteiger partial charge >= 0.3 is 0 Å². The molecule has 1 unspecified atom stereocenters. The van der Waals surface area contributed by atoms with Crippen molar-refractivity contribution in [1.29, 1.82) is 0 Å². The van der Waals surface area contributed by atoms with Crippen molar-refractivity contribution >= 4 is 35.1 Å². The molecule has 0 aliphatic rings. The van der Waals surface area contributed by atoms with Crippen molar-refractivity contribution in [2.24, 2.45) is 0 Å². The Labute approximate surface area is 119 Å². The molecule has 98 valence electrons. The summed E-state index contributed by atoms with van der Waals surface area (Å²) in [5.41, 5.74) is 0. The minimum Gasteiger partial charge on any atom is -0.310 e. The van der Waals surface area contributed by atoms with Crippen molar-refractivity contribution < 1.29 is 4.79 Å². The Morgan fingerprint density at radius 1 is 1.32 bits per heavy atom. The van der Waals surface area contributed by atoms with Crippen LogP contribution in [0.2, 0.25) is 5.02 Å². The van der Waals surface area contributed by atoms with Gasteiger partial charge in [-0.1, -0.05) is 23.4 Å². The van der Waals surface area contributed by atoms with E-state index in [4.69, 9.17) is 11.6 Å². The normalized spacial score (nSPS) is 11.9. The van der Waals surface area contributed by atoms with Crippen LogP contribution in [0.15, 0.2) is 41.9 Å². The zero-order valence-electron chi connectivity index (χ0n) is 10.1. The summed E-state index contributed by atoms with van der Waals surface area (Å²) in [5, 5.41) is 3.47. The number of pyridine rings is 1. The van der Waals surface area contributed by atoms with E-state index in [1.54, 1.807) is 37.5 Å². The van der Waals surface area contributed by atoms with E-state index in [0.29, 0.717) is 16.0 Å². The lowest BCUT2D eigenvalue weighted by Gasteiger charge is -2.10. The van der Waals surface area contributed by atoms with Crippen LogP contribution in [0.25, 0.3) is 0 Å². The lowest BCUT2D eigenvalue weighted by Crippen LogP contribution is -2.23. The van der Waals surface area contributed by atoms with E-state index in [1.165, 1.54) is 18.0 Å². The van der Waals surface area contributed by atoms with E-state index in [0.717, 1.165) is 0 Å². The molecule has 2 aromatic rings. The zero-order chi connectivity index (χ0) is 13.7. The molecule has 0 radical (unpaired) electrons. The van der Waals surface area contributed by atoms with Gasteiger partial charge in [0.15, 0.2) is 5.16 Å². The van der Waals surface area contributed by atoms with Crippen molar-refractivity contribution in [1.82, 2.24) is 15.0 Å². The average Bonchev–Trinajstić information content (AvgIpc) is 2.42. The first-order valence-corrected chi connectivity index (χ1v) is 6.77. The number of thioether (sulfide) groups is 1. The number of hydrogen-bond donors (Lipinski definition) is 1. The van der Waals surface area contributed by atoms with Crippen molar-refractivity contribution in [3.63, 3.8) is 0 Å². The van der Waals surface area contributed by atoms with E-state index in [-0.39, 0.29) is 11.2 Å². The number of anilines is 1. The van der Waals surface area contributed by atoms with E-state index in [2.05, 4.69) is 20.3 Å². The van der Waals surface area contributed by atoms with Crippen LogP contribution in [0, 0.1) is 0 Å². The van der Waals surface area contributed by atoms with E-state index < -0.39 is 0 Å². The van der Waals surface area contributed by atoms with Gasteiger partial charge in [-0.3, -0.25) is 4.79 Å². The van der Waals surface area contributed by atoms with Gasteiger partial charge in [-0.05, 0) is 25.1 Å². The predicted molar refractivity (Wildman–Crippen MR) is 75.2 cm³/mol. The number of aromatic nitrogens is 3. The number of halogens is 1. The number of carbonyl (C=O) groups excluding carboxylic acids is 1. The molecule has 2 rings (SSSR count). The first-order valence-electron chi connectivity index (χ1n) is 5.51. The maximum atomic E-state index is 11.9. The SMILES string of the molecule is CC(Sc1ncccn1)C(=O)Nc1ccc(Cl)cn1. The van der Waals surface area contributed by atoms with Crippen LogP contribution < -0.4 is 5.32 Å². The number of nitrogens with zero attached hydrogens (tertiary/aromatic N) is 3. The van der Waals surface area contributed by atoms with Gasteiger partial charge in [0.2, 0.25) is 5.91 Å². The summed E-state index contributed by atoms with van der Waals surface area (Å²) in [4.78, 5) is 24.1. The predicted octanol–water partition coefficient (Wildman–Crippen LogP) is 2.64. The highest BCUT2D eigenvalue weighted by atomic mass is 35.5. The number of rotatable bonds is 4. The van der Waals surface area contributed by atoms with Crippen LogP contribution in [0.5, 0.6) is 0 Å². The maximum Gasteiger partial charge on any atom is 0.238 e. The highest BCUT2D eigenvalue weighted by Gasteiger charge is 2.16. The minimum absolute atomic E-state index is 0.160. The Balaban J connectivity index is 1.94. The van der Waals surface area contributed by atoms with Crippen molar-refractivity contribution in [3.05, 3.63) is 41.8 Å². The van der Waals surface area contributed by atoms with Gasteiger partial charge < -0.3 is 5.32 Å². The molecule has 2 aromatic heterocycles. The summed E-state index contributed by atoms with van der Waals surface area (Å²) in [7, 11) is 0. The van der Waals surface area contributed by atoms with Gasteiger partial charge in [-0.25, -0.2) is 15.0 Å². The average molecular weight is 295 g/mol. The number of hydrogen-bond acceptors (Lipinski definition) is 5. The van der Waals surface area contributed by atoms with Gasteiger partial charge in [0.25, 0.3) is 0 Å². The first-order chi connectivity index (χ1) is 9.15. The molecule has 2 heterocycles. The Morgan fingerprint density at radius 2 is 2.05 bits per heavy atom.